The van der Waals surface area contributed by atoms with Gasteiger partial charge < -0.3 is 10.1 Å². The summed E-state index contributed by atoms with van der Waals surface area (Å²) in [6.07, 6.45) is 5.58. The van der Waals surface area contributed by atoms with Crippen LogP contribution in [0, 0.1) is 0 Å². The van der Waals surface area contributed by atoms with Crippen LogP contribution in [0.15, 0.2) is 48.8 Å². The number of amides is 1. The lowest BCUT2D eigenvalue weighted by Crippen LogP contribution is -2.46. The fraction of sp³-hybridized carbons (Fsp3) is 0.368. The van der Waals surface area contributed by atoms with Crippen LogP contribution in [0.4, 0.5) is 0 Å². The monoisotopic (exact) mass is 325 g/mol. The third-order valence-electron chi connectivity index (χ3n) is 4.14. The Kier molecular flexibility index (Phi) is 5.43. The first kappa shape index (κ1) is 16.5. The molecule has 1 aliphatic heterocycles. The summed E-state index contributed by atoms with van der Waals surface area (Å²) in [7, 11) is 0. The molecule has 5 heteroatoms. The Morgan fingerprint density at radius 3 is 3.00 bits per heavy atom. The summed E-state index contributed by atoms with van der Waals surface area (Å²) in [5, 5.41) is 3.03. The summed E-state index contributed by atoms with van der Waals surface area (Å²) in [5.41, 5.74) is 1.14. The molecule has 0 aliphatic carbocycles. The van der Waals surface area contributed by atoms with Gasteiger partial charge in [0.25, 0.3) is 0 Å². The Bertz CT molecular complexity index is 675. The number of likely N-dealkylation sites (tertiary alicyclic amines) is 1. The molecule has 0 saturated carbocycles. The average Bonchev–Trinajstić information content (AvgIpc) is 2.57. The molecule has 0 radical (unpaired) electrons. The number of carbonyl (C=O) groups excluding carboxylic acids is 1. The van der Waals surface area contributed by atoms with Crippen molar-refractivity contribution in [3.05, 3.63) is 54.4 Å². The van der Waals surface area contributed by atoms with Crippen molar-refractivity contribution in [3.8, 4) is 11.5 Å². The number of nitrogens with one attached hydrogen (secondary N) is 1. The fourth-order valence-corrected chi connectivity index (χ4v) is 3.11. The summed E-state index contributed by atoms with van der Waals surface area (Å²) in [4.78, 5) is 17.7. The predicted molar refractivity (Wildman–Crippen MR) is 92.9 cm³/mol. The van der Waals surface area contributed by atoms with E-state index in [9.17, 15) is 4.79 Å². The molecule has 1 fully saturated rings. The minimum atomic E-state index is 0.0437. The highest BCUT2D eigenvalue weighted by molar-refractivity contribution is 5.73. The molecular formula is C19H23N3O2. The zero-order chi connectivity index (χ0) is 16.8. The highest BCUT2D eigenvalue weighted by Crippen LogP contribution is 2.26. The van der Waals surface area contributed by atoms with Gasteiger partial charge in [-0.3, -0.25) is 14.7 Å². The van der Waals surface area contributed by atoms with Crippen LogP contribution in [0.25, 0.3) is 0 Å². The maximum Gasteiger partial charge on any atom is 0.217 e. The SMILES string of the molecule is CC(=O)N[C@H]1CCCN(Cc2ccccc2Oc2cccnc2)C1. The van der Waals surface area contributed by atoms with Gasteiger partial charge in [0.05, 0.1) is 6.20 Å². The van der Waals surface area contributed by atoms with E-state index in [1.807, 2.05) is 30.3 Å². The van der Waals surface area contributed by atoms with Gasteiger partial charge >= 0.3 is 0 Å². The Morgan fingerprint density at radius 1 is 1.33 bits per heavy atom. The first-order chi connectivity index (χ1) is 11.7. The lowest BCUT2D eigenvalue weighted by Gasteiger charge is -2.33. The lowest BCUT2D eigenvalue weighted by atomic mass is 10.0. The number of para-hydroxylation sites is 1. The van der Waals surface area contributed by atoms with Crippen molar-refractivity contribution in [2.45, 2.75) is 32.4 Å². The number of benzene rings is 1. The topological polar surface area (TPSA) is 54.5 Å². The van der Waals surface area contributed by atoms with E-state index in [-0.39, 0.29) is 11.9 Å². The molecule has 24 heavy (non-hydrogen) atoms. The molecule has 1 aliphatic rings. The van der Waals surface area contributed by atoms with Crippen LogP contribution in [0.5, 0.6) is 11.5 Å². The molecule has 1 aromatic heterocycles. The van der Waals surface area contributed by atoms with Crippen LogP contribution in [0.2, 0.25) is 0 Å². The molecule has 2 aromatic rings. The molecule has 3 rings (SSSR count). The number of piperidine rings is 1. The Hall–Kier alpha value is -2.40. The van der Waals surface area contributed by atoms with Crippen LogP contribution >= 0.6 is 0 Å². The van der Waals surface area contributed by atoms with Crippen LogP contribution < -0.4 is 10.1 Å². The van der Waals surface area contributed by atoms with E-state index in [2.05, 4.69) is 21.3 Å². The number of nitrogens with zero attached hydrogens (tertiary/aromatic N) is 2. The molecule has 2 heterocycles. The van der Waals surface area contributed by atoms with Gasteiger partial charge in [0.15, 0.2) is 0 Å². The second-order valence-electron chi connectivity index (χ2n) is 6.17. The molecule has 0 spiro atoms. The van der Waals surface area contributed by atoms with Crippen molar-refractivity contribution in [2.24, 2.45) is 0 Å². The van der Waals surface area contributed by atoms with Crippen molar-refractivity contribution in [1.29, 1.82) is 0 Å². The van der Waals surface area contributed by atoms with E-state index in [0.717, 1.165) is 49.5 Å². The number of carbonyl (C=O) groups is 1. The lowest BCUT2D eigenvalue weighted by molar-refractivity contribution is -0.120. The molecule has 126 valence electrons. The fourth-order valence-electron chi connectivity index (χ4n) is 3.11. The Balaban J connectivity index is 1.67. The third kappa shape index (κ3) is 4.55. The third-order valence-corrected chi connectivity index (χ3v) is 4.14. The molecule has 1 amide bonds. The van der Waals surface area contributed by atoms with Crippen molar-refractivity contribution in [1.82, 2.24) is 15.2 Å². The summed E-state index contributed by atoms with van der Waals surface area (Å²) < 4.78 is 5.98. The van der Waals surface area contributed by atoms with Gasteiger partial charge in [0.1, 0.15) is 11.5 Å². The van der Waals surface area contributed by atoms with E-state index in [4.69, 9.17) is 4.74 Å². The first-order valence-electron chi connectivity index (χ1n) is 8.36. The molecule has 5 nitrogen and oxygen atoms in total. The molecule has 0 unspecified atom stereocenters. The van der Waals surface area contributed by atoms with Gasteiger partial charge in [-0.25, -0.2) is 0 Å². The standard InChI is InChI=1S/C19H23N3O2/c1-15(23)21-17-7-5-11-22(14-17)13-16-6-2-3-9-19(16)24-18-8-4-10-20-12-18/h2-4,6,8-10,12,17H,5,7,11,13-14H2,1H3,(H,21,23)/t17-/m0/s1. The van der Waals surface area contributed by atoms with Crippen molar-refractivity contribution >= 4 is 5.91 Å². The van der Waals surface area contributed by atoms with E-state index < -0.39 is 0 Å². The molecule has 0 bridgehead atoms. The highest BCUT2D eigenvalue weighted by atomic mass is 16.5. The van der Waals surface area contributed by atoms with Crippen molar-refractivity contribution in [2.75, 3.05) is 13.1 Å². The van der Waals surface area contributed by atoms with E-state index in [1.54, 1.807) is 19.3 Å². The van der Waals surface area contributed by atoms with Gasteiger partial charge in [-0.15, -0.1) is 0 Å². The normalized spacial score (nSPS) is 18.1. The molecule has 1 saturated heterocycles. The highest BCUT2D eigenvalue weighted by Gasteiger charge is 2.21. The summed E-state index contributed by atoms with van der Waals surface area (Å²) >= 11 is 0. The second-order valence-corrected chi connectivity index (χ2v) is 6.17. The Morgan fingerprint density at radius 2 is 2.21 bits per heavy atom. The van der Waals surface area contributed by atoms with Gasteiger partial charge in [-0.1, -0.05) is 18.2 Å². The molecule has 1 N–H and O–H groups in total. The summed E-state index contributed by atoms with van der Waals surface area (Å²) in [6.45, 7) is 4.31. The maximum absolute atomic E-state index is 11.3. The quantitative estimate of drug-likeness (QED) is 0.918. The number of aromatic nitrogens is 1. The van der Waals surface area contributed by atoms with Gasteiger partial charge in [-0.05, 0) is 37.6 Å². The van der Waals surface area contributed by atoms with Crippen LogP contribution in [0.1, 0.15) is 25.3 Å². The maximum atomic E-state index is 11.3. The van der Waals surface area contributed by atoms with Crippen LogP contribution in [-0.2, 0) is 11.3 Å². The van der Waals surface area contributed by atoms with Crippen LogP contribution in [-0.4, -0.2) is 34.9 Å². The van der Waals surface area contributed by atoms with Crippen LogP contribution in [0.3, 0.4) is 0 Å². The largest absolute Gasteiger partial charge is 0.455 e. The predicted octanol–water partition coefficient (Wildman–Crippen LogP) is 2.97. The average molecular weight is 325 g/mol. The van der Waals surface area contributed by atoms with E-state index in [0.29, 0.717) is 0 Å². The smallest absolute Gasteiger partial charge is 0.217 e. The zero-order valence-electron chi connectivity index (χ0n) is 13.9. The zero-order valence-corrected chi connectivity index (χ0v) is 13.9. The number of hydrogen-bond donors (Lipinski definition) is 1. The molecular weight excluding hydrogens is 302 g/mol. The number of rotatable bonds is 5. The van der Waals surface area contributed by atoms with Gasteiger partial charge in [-0.2, -0.15) is 0 Å². The summed E-state index contributed by atoms with van der Waals surface area (Å²) in [6, 6.07) is 12.1. The minimum absolute atomic E-state index is 0.0437. The Labute approximate surface area is 142 Å². The van der Waals surface area contributed by atoms with Gasteiger partial charge in [0, 0.05) is 37.8 Å². The van der Waals surface area contributed by atoms with Gasteiger partial charge in [0.2, 0.25) is 5.91 Å². The van der Waals surface area contributed by atoms with E-state index >= 15 is 0 Å². The molecule has 1 atom stereocenters. The van der Waals surface area contributed by atoms with E-state index in [1.165, 1.54) is 0 Å². The number of hydrogen-bond acceptors (Lipinski definition) is 4. The number of pyridine rings is 1. The number of ether oxygens (including phenoxy) is 1. The first-order valence-corrected chi connectivity index (χ1v) is 8.36. The molecule has 1 aromatic carbocycles. The van der Waals surface area contributed by atoms with Crippen molar-refractivity contribution < 1.29 is 9.53 Å². The minimum Gasteiger partial charge on any atom is -0.455 e. The second kappa shape index (κ2) is 7.93. The summed E-state index contributed by atoms with van der Waals surface area (Å²) in [5.74, 6) is 1.63. The van der Waals surface area contributed by atoms with Crippen molar-refractivity contribution in [3.63, 3.8) is 0 Å².